The van der Waals surface area contributed by atoms with E-state index < -0.39 is 10.8 Å². The fraction of sp³-hybridized carbons (Fsp3) is 0.389. The molecule has 0 radical (unpaired) electrons. The average Bonchev–Trinajstić information content (AvgIpc) is 3.04. The highest BCUT2D eigenvalue weighted by molar-refractivity contribution is 7.84. The number of nitrogens with one attached hydrogen (secondary N) is 1. The Bertz CT molecular complexity index is 737. The molecule has 2 aromatic rings. The molecule has 24 heavy (non-hydrogen) atoms. The van der Waals surface area contributed by atoms with Crippen molar-refractivity contribution in [2.45, 2.75) is 48.8 Å². The Kier molecular flexibility index (Phi) is 5.74. The maximum atomic E-state index is 12.4. The number of amides is 1. The second-order valence-corrected chi connectivity index (χ2v) is 7.91. The van der Waals surface area contributed by atoms with Crippen molar-refractivity contribution in [3.63, 3.8) is 0 Å². The van der Waals surface area contributed by atoms with E-state index in [-0.39, 0.29) is 23.5 Å². The molecule has 4 nitrogen and oxygen atoms in total. The molecular formula is C18H20ClNO3S. The predicted molar refractivity (Wildman–Crippen MR) is 94.6 cm³/mol. The van der Waals surface area contributed by atoms with Crippen LogP contribution in [0.3, 0.4) is 0 Å². The first-order valence-electron chi connectivity index (χ1n) is 8.15. The largest absolute Gasteiger partial charge is 0.455 e. The lowest BCUT2D eigenvalue weighted by Crippen LogP contribution is -2.35. The fourth-order valence-corrected chi connectivity index (χ4v) is 4.23. The van der Waals surface area contributed by atoms with Crippen LogP contribution in [0.1, 0.15) is 48.4 Å². The average molecular weight is 366 g/mol. The first kappa shape index (κ1) is 17.2. The quantitative estimate of drug-likeness (QED) is 0.859. The van der Waals surface area contributed by atoms with Crippen LogP contribution in [0.5, 0.6) is 0 Å². The Morgan fingerprint density at radius 1 is 1.21 bits per heavy atom. The Morgan fingerprint density at radius 2 is 2.00 bits per heavy atom. The Balaban J connectivity index is 1.60. The standard InChI is InChI=1S/C18H20ClNO3S/c19-13-5-4-8-16(11-13)24(22)12-15-9-10-17(23-15)18(21)20-14-6-2-1-3-7-14/h4-5,8-11,14H,1-3,6-7,12H2,(H,20,21)/t24-/m0/s1. The van der Waals surface area contributed by atoms with Crippen LogP contribution >= 0.6 is 11.6 Å². The second-order valence-electron chi connectivity index (χ2n) is 6.02. The maximum Gasteiger partial charge on any atom is 0.287 e. The molecule has 1 heterocycles. The molecule has 0 aliphatic heterocycles. The minimum Gasteiger partial charge on any atom is -0.455 e. The predicted octanol–water partition coefficient (Wildman–Crippen LogP) is 4.30. The van der Waals surface area contributed by atoms with Crippen molar-refractivity contribution in [3.05, 3.63) is 52.9 Å². The molecule has 128 valence electrons. The number of carbonyl (C=O) groups is 1. The summed E-state index contributed by atoms with van der Waals surface area (Å²) >= 11 is 5.92. The molecule has 0 bridgehead atoms. The van der Waals surface area contributed by atoms with E-state index in [0.29, 0.717) is 15.7 Å². The van der Waals surface area contributed by atoms with Gasteiger partial charge in [0.1, 0.15) is 5.76 Å². The summed E-state index contributed by atoms with van der Waals surface area (Å²) in [5.74, 6) is 0.833. The molecule has 1 amide bonds. The first-order chi connectivity index (χ1) is 11.6. The number of furan rings is 1. The number of rotatable bonds is 5. The lowest BCUT2D eigenvalue weighted by Gasteiger charge is -2.22. The Labute approximate surface area is 149 Å². The van der Waals surface area contributed by atoms with Crippen molar-refractivity contribution in [2.75, 3.05) is 0 Å². The zero-order valence-electron chi connectivity index (χ0n) is 13.3. The molecule has 3 rings (SSSR count). The van der Waals surface area contributed by atoms with Crippen molar-refractivity contribution in [2.24, 2.45) is 0 Å². The third-order valence-corrected chi connectivity index (χ3v) is 5.72. The van der Waals surface area contributed by atoms with Gasteiger partial charge in [0.2, 0.25) is 0 Å². The van der Waals surface area contributed by atoms with Gasteiger partial charge < -0.3 is 9.73 Å². The van der Waals surface area contributed by atoms with Gasteiger partial charge in [-0.1, -0.05) is 36.9 Å². The van der Waals surface area contributed by atoms with Gasteiger partial charge in [0.25, 0.3) is 5.91 Å². The van der Waals surface area contributed by atoms with Crippen LogP contribution in [0.4, 0.5) is 0 Å². The monoisotopic (exact) mass is 365 g/mol. The van der Waals surface area contributed by atoms with Gasteiger partial charge in [-0.05, 0) is 43.2 Å². The van der Waals surface area contributed by atoms with Gasteiger partial charge in [0.05, 0.1) is 16.6 Å². The van der Waals surface area contributed by atoms with Crippen LogP contribution in [0.2, 0.25) is 5.02 Å². The highest BCUT2D eigenvalue weighted by Crippen LogP contribution is 2.20. The van der Waals surface area contributed by atoms with Gasteiger partial charge in [-0.15, -0.1) is 0 Å². The van der Waals surface area contributed by atoms with Crippen LogP contribution in [-0.2, 0) is 16.6 Å². The van der Waals surface area contributed by atoms with E-state index in [0.717, 1.165) is 25.7 Å². The normalized spacial score (nSPS) is 16.7. The molecule has 0 saturated heterocycles. The van der Waals surface area contributed by atoms with Crippen molar-refractivity contribution >= 4 is 28.3 Å². The summed E-state index contributed by atoms with van der Waals surface area (Å²) in [4.78, 5) is 12.9. The fourth-order valence-electron chi connectivity index (χ4n) is 2.90. The van der Waals surface area contributed by atoms with E-state index in [2.05, 4.69) is 5.32 Å². The van der Waals surface area contributed by atoms with Crippen LogP contribution in [-0.4, -0.2) is 16.2 Å². The third-order valence-electron chi connectivity index (χ3n) is 4.16. The molecule has 0 spiro atoms. The van der Waals surface area contributed by atoms with E-state index in [1.165, 1.54) is 6.42 Å². The number of hydrogen-bond acceptors (Lipinski definition) is 3. The molecular weight excluding hydrogens is 346 g/mol. The molecule has 0 unspecified atom stereocenters. The van der Waals surface area contributed by atoms with Crippen LogP contribution < -0.4 is 5.32 Å². The van der Waals surface area contributed by atoms with Gasteiger partial charge >= 0.3 is 0 Å². The van der Waals surface area contributed by atoms with Crippen LogP contribution in [0, 0.1) is 0 Å². The van der Waals surface area contributed by atoms with E-state index in [1.54, 1.807) is 36.4 Å². The van der Waals surface area contributed by atoms with E-state index in [1.807, 2.05) is 0 Å². The molecule has 1 atom stereocenters. The number of hydrogen-bond donors (Lipinski definition) is 1. The number of carbonyl (C=O) groups excluding carboxylic acids is 1. The highest BCUT2D eigenvalue weighted by Gasteiger charge is 2.19. The van der Waals surface area contributed by atoms with E-state index in [9.17, 15) is 9.00 Å². The van der Waals surface area contributed by atoms with Gasteiger partial charge in [-0.2, -0.15) is 0 Å². The molecule has 1 aromatic heterocycles. The summed E-state index contributed by atoms with van der Waals surface area (Å²) in [7, 11) is -1.26. The summed E-state index contributed by atoms with van der Waals surface area (Å²) in [6.45, 7) is 0. The van der Waals surface area contributed by atoms with Crippen molar-refractivity contribution in [3.8, 4) is 0 Å². The summed E-state index contributed by atoms with van der Waals surface area (Å²) in [6.07, 6.45) is 5.61. The minimum atomic E-state index is -1.26. The lowest BCUT2D eigenvalue weighted by molar-refractivity contribution is 0.0898. The molecule has 1 aliphatic rings. The Hall–Kier alpha value is -1.59. The zero-order chi connectivity index (χ0) is 16.9. The molecule has 6 heteroatoms. The summed E-state index contributed by atoms with van der Waals surface area (Å²) in [6, 6.07) is 10.5. The van der Waals surface area contributed by atoms with Gasteiger partial charge in [-0.3, -0.25) is 9.00 Å². The van der Waals surface area contributed by atoms with Crippen molar-refractivity contribution in [1.29, 1.82) is 0 Å². The van der Waals surface area contributed by atoms with E-state index >= 15 is 0 Å². The van der Waals surface area contributed by atoms with E-state index in [4.69, 9.17) is 16.0 Å². The van der Waals surface area contributed by atoms with Gasteiger partial charge in [0, 0.05) is 16.0 Å². The second kappa shape index (κ2) is 7.99. The lowest BCUT2D eigenvalue weighted by atomic mass is 9.95. The smallest absolute Gasteiger partial charge is 0.287 e. The number of halogens is 1. The molecule has 1 N–H and O–H groups in total. The number of benzene rings is 1. The van der Waals surface area contributed by atoms with Gasteiger partial charge in [-0.25, -0.2) is 0 Å². The van der Waals surface area contributed by atoms with Gasteiger partial charge in [0.15, 0.2) is 5.76 Å². The van der Waals surface area contributed by atoms with Crippen LogP contribution in [0.15, 0.2) is 45.7 Å². The minimum absolute atomic E-state index is 0.193. The topological polar surface area (TPSA) is 59.3 Å². The molecule has 1 aromatic carbocycles. The molecule has 1 fully saturated rings. The van der Waals surface area contributed by atoms with Crippen molar-refractivity contribution < 1.29 is 13.4 Å². The summed E-state index contributed by atoms with van der Waals surface area (Å²) in [5.41, 5.74) is 0. The molecule has 1 aliphatic carbocycles. The first-order valence-corrected chi connectivity index (χ1v) is 9.85. The summed E-state index contributed by atoms with van der Waals surface area (Å²) < 4.78 is 17.9. The highest BCUT2D eigenvalue weighted by atomic mass is 35.5. The summed E-state index contributed by atoms with van der Waals surface area (Å²) in [5, 5.41) is 3.56. The van der Waals surface area contributed by atoms with Crippen LogP contribution in [0.25, 0.3) is 0 Å². The maximum absolute atomic E-state index is 12.4. The molecule has 1 saturated carbocycles. The Morgan fingerprint density at radius 3 is 2.75 bits per heavy atom. The SMILES string of the molecule is O=C(NC1CCCCC1)c1ccc(C[S@](=O)c2cccc(Cl)c2)o1. The zero-order valence-corrected chi connectivity index (χ0v) is 14.9. The third kappa shape index (κ3) is 4.48. The van der Waals surface area contributed by atoms with Crippen molar-refractivity contribution in [1.82, 2.24) is 5.32 Å².